The molecule has 2 rings (SSSR count). The van der Waals surface area contributed by atoms with Gasteiger partial charge in [-0.25, -0.2) is 4.79 Å². The van der Waals surface area contributed by atoms with Crippen LogP contribution in [0.1, 0.15) is 43.1 Å². The van der Waals surface area contributed by atoms with E-state index in [1.54, 1.807) is 25.1 Å². The van der Waals surface area contributed by atoms with Crippen LogP contribution in [0, 0.1) is 17.2 Å². The number of aromatic nitrogens is 2. The Labute approximate surface area is 162 Å². The molecule has 1 aromatic carbocycles. The first-order valence-electron chi connectivity index (χ1n) is 8.94. The van der Waals surface area contributed by atoms with Crippen molar-refractivity contribution in [2.45, 2.75) is 40.3 Å². The van der Waals surface area contributed by atoms with E-state index in [1.807, 2.05) is 13.8 Å². The van der Waals surface area contributed by atoms with Gasteiger partial charge in [-0.05, 0) is 37.1 Å². The Balaban J connectivity index is 2.22. The molecule has 0 unspecified atom stereocenters. The number of rotatable bonds is 7. The van der Waals surface area contributed by atoms with Gasteiger partial charge in [0.25, 0.3) is 5.56 Å². The summed E-state index contributed by atoms with van der Waals surface area (Å²) < 4.78 is 1.98. The minimum Gasteiger partial charge on any atom is -0.326 e. The summed E-state index contributed by atoms with van der Waals surface area (Å²) in [6, 6.07) is 7.96. The number of benzene rings is 1. The molecular formula is C20H22N4O4. The second-order valence-electron chi connectivity index (χ2n) is 6.76. The maximum absolute atomic E-state index is 12.5. The first-order valence-corrected chi connectivity index (χ1v) is 8.94. The van der Waals surface area contributed by atoms with Gasteiger partial charge in [-0.1, -0.05) is 13.8 Å². The number of carbonyl (C=O) groups is 2. The molecule has 0 saturated heterocycles. The van der Waals surface area contributed by atoms with Crippen molar-refractivity contribution < 1.29 is 9.59 Å². The van der Waals surface area contributed by atoms with Crippen LogP contribution in [0.4, 0.5) is 5.69 Å². The van der Waals surface area contributed by atoms with E-state index >= 15 is 0 Å². The molecule has 8 heteroatoms. The summed E-state index contributed by atoms with van der Waals surface area (Å²) in [5.41, 5.74) is -0.782. The molecule has 0 aliphatic rings. The molecule has 146 valence electrons. The van der Waals surface area contributed by atoms with E-state index in [0.717, 1.165) is 4.57 Å². The van der Waals surface area contributed by atoms with Crippen molar-refractivity contribution in [3.8, 4) is 6.07 Å². The number of amides is 1. The summed E-state index contributed by atoms with van der Waals surface area (Å²) in [6.45, 7) is 5.39. The predicted molar refractivity (Wildman–Crippen MR) is 104 cm³/mol. The Kier molecular flexibility index (Phi) is 6.66. The van der Waals surface area contributed by atoms with Gasteiger partial charge in [0, 0.05) is 30.4 Å². The largest absolute Gasteiger partial charge is 0.331 e. The van der Waals surface area contributed by atoms with E-state index in [-0.39, 0.29) is 23.9 Å². The van der Waals surface area contributed by atoms with Gasteiger partial charge in [0.2, 0.25) is 5.91 Å². The number of anilines is 1. The molecule has 0 spiro atoms. The number of Topliss-reactive ketones (excluding diaryl/α,β-unsaturated/α-hetero) is 1. The Hall–Kier alpha value is -3.47. The lowest BCUT2D eigenvalue weighted by Crippen LogP contribution is -2.42. The van der Waals surface area contributed by atoms with Gasteiger partial charge < -0.3 is 5.32 Å². The second kappa shape index (κ2) is 8.95. The van der Waals surface area contributed by atoms with Crippen LogP contribution in [0.25, 0.3) is 0 Å². The lowest BCUT2D eigenvalue weighted by Gasteiger charge is -2.10. The Morgan fingerprint density at radius 1 is 1.18 bits per heavy atom. The number of carbonyl (C=O) groups excluding carboxylic acids is 2. The highest BCUT2D eigenvalue weighted by Gasteiger charge is 2.15. The number of hydrogen-bond donors (Lipinski definition) is 1. The molecular weight excluding hydrogens is 360 g/mol. The first kappa shape index (κ1) is 20.8. The van der Waals surface area contributed by atoms with Gasteiger partial charge >= 0.3 is 5.69 Å². The summed E-state index contributed by atoms with van der Waals surface area (Å²) in [5.74, 6) is -0.332. The lowest BCUT2D eigenvalue weighted by atomic mass is 10.1. The number of hydrogen-bond acceptors (Lipinski definition) is 5. The number of nitriles is 1. The van der Waals surface area contributed by atoms with Crippen molar-refractivity contribution in [2.24, 2.45) is 5.92 Å². The quantitative estimate of drug-likeness (QED) is 0.733. The van der Waals surface area contributed by atoms with Crippen LogP contribution in [-0.4, -0.2) is 20.8 Å². The van der Waals surface area contributed by atoms with Crippen molar-refractivity contribution in [3.63, 3.8) is 0 Å². The van der Waals surface area contributed by atoms with Gasteiger partial charge in [-0.3, -0.25) is 23.5 Å². The summed E-state index contributed by atoms with van der Waals surface area (Å²) in [4.78, 5) is 48.9. The zero-order valence-corrected chi connectivity index (χ0v) is 16.1. The SMILES string of the molecule is CCn1cc(C#N)c(=O)n(CC(=O)c2ccc(NC(=O)CC(C)C)cc2)c1=O. The third-order valence-corrected chi connectivity index (χ3v) is 4.08. The zero-order valence-electron chi connectivity index (χ0n) is 16.1. The van der Waals surface area contributed by atoms with Crippen LogP contribution in [-0.2, 0) is 17.9 Å². The van der Waals surface area contributed by atoms with Crippen molar-refractivity contribution in [1.29, 1.82) is 5.26 Å². The van der Waals surface area contributed by atoms with Crippen molar-refractivity contribution >= 4 is 17.4 Å². The zero-order chi connectivity index (χ0) is 20.8. The lowest BCUT2D eigenvalue weighted by molar-refractivity contribution is -0.116. The summed E-state index contributed by atoms with van der Waals surface area (Å²) in [7, 11) is 0. The highest BCUT2D eigenvalue weighted by Crippen LogP contribution is 2.12. The van der Waals surface area contributed by atoms with Gasteiger partial charge in [-0.2, -0.15) is 5.26 Å². The van der Waals surface area contributed by atoms with E-state index < -0.39 is 23.6 Å². The highest BCUT2D eigenvalue weighted by molar-refractivity contribution is 5.97. The molecule has 0 saturated carbocycles. The fourth-order valence-electron chi connectivity index (χ4n) is 2.65. The van der Waals surface area contributed by atoms with Crippen LogP contribution < -0.4 is 16.6 Å². The number of nitrogens with one attached hydrogen (secondary N) is 1. The summed E-state index contributed by atoms with van der Waals surface area (Å²) in [6.07, 6.45) is 1.59. The van der Waals surface area contributed by atoms with Crippen LogP contribution in [0.3, 0.4) is 0 Å². The minimum absolute atomic E-state index is 0.117. The molecule has 0 radical (unpaired) electrons. The van der Waals surface area contributed by atoms with Crippen LogP contribution in [0.5, 0.6) is 0 Å². The van der Waals surface area contributed by atoms with Crippen molar-refractivity contribution in [1.82, 2.24) is 9.13 Å². The molecule has 1 amide bonds. The molecule has 0 aliphatic heterocycles. The fraction of sp³-hybridized carbons (Fsp3) is 0.350. The molecule has 2 aromatic rings. The third-order valence-electron chi connectivity index (χ3n) is 4.08. The Bertz CT molecular complexity index is 1040. The number of ketones is 1. The summed E-state index contributed by atoms with van der Waals surface area (Å²) in [5, 5.41) is 11.8. The van der Waals surface area contributed by atoms with Crippen molar-refractivity contribution in [2.75, 3.05) is 5.32 Å². The molecule has 0 bridgehead atoms. The maximum Gasteiger partial charge on any atom is 0.331 e. The fourth-order valence-corrected chi connectivity index (χ4v) is 2.65. The van der Waals surface area contributed by atoms with Crippen LogP contribution in [0.2, 0.25) is 0 Å². The minimum atomic E-state index is -0.789. The smallest absolute Gasteiger partial charge is 0.326 e. The molecule has 0 aliphatic carbocycles. The average Bonchev–Trinajstić information content (AvgIpc) is 2.65. The molecule has 28 heavy (non-hydrogen) atoms. The Morgan fingerprint density at radius 3 is 2.36 bits per heavy atom. The topological polar surface area (TPSA) is 114 Å². The van der Waals surface area contributed by atoms with Gasteiger partial charge in [0.15, 0.2) is 5.78 Å². The molecule has 0 fully saturated rings. The average molecular weight is 382 g/mol. The van der Waals surface area contributed by atoms with E-state index in [0.29, 0.717) is 17.7 Å². The van der Waals surface area contributed by atoms with E-state index in [4.69, 9.17) is 5.26 Å². The molecule has 1 aromatic heterocycles. The van der Waals surface area contributed by atoms with Crippen molar-refractivity contribution in [3.05, 3.63) is 62.4 Å². The van der Waals surface area contributed by atoms with E-state index in [9.17, 15) is 19.2 Å². The molecule has 1 N–H and O–H groups in total. The third kappa shape index (κ3) is 4.82. The standard InChI is InChI=1S/C20H22N4O4/c1-4-23-11-15(10-21)19(27)24(20(23)28)12-17(25)14-5-7-16(8-6-14)22-18(26)9-13(2)3/h5-8,11,13H,4,9,12H2,1-3H3,(H,22,26). The van der Waals surface area contributed by atoms with Crippen LogP contribution >= 0.6 is 0 Å². The summed E-state index contributed by atoms with van der Waals surface area (Å²) >= 11 is 0. The normalized spacial score (nSPS) is 10.5. The van der Waals surface area contributed by atoms with Gasteiger partial charge in [0.05, 0.1) is 6.54 Å². The number of nitrogens with zero attached hydrogens (tertiary/aromatic N) is 3. The molecule has 0 atom stereocenters. The maximum atomic E-state index is 12.5. The van der Waals surface area contributed by atoms with E-state index in [2.05, 4.69) is 5.32 Å². The van der Waals surface area contributed by atoms with Gasteiger partial charge in [0.1, 0.15) is 11.6 Å². The van der Waals surface area contributed by atoms with Gasteiger partial charge in [-0.15, -0.1) is 0 Å². The van der Waals surface area contributed by atoms with E-state index in [1.165, 1.54) is 22.9 Å². The second-order valence-corrected chi connectivity index (χ2v) is 6.76. The molecule has 8 nitrogen and oxygen atoms in total. The monoisotopic (exact) mass is 382 g/mol. The van der Waals surface area contributed by atoms with Crippen LogP contribution in [0.15, 0.2) is 40.1 Å². The Morgan fingerprint density at radius 2 is 1.82 bits per heavy atom. The predicted octanol–water partition coefficient (Wildman–Crippen LogP) is 1.77. The molecule has 1 heterocycles. The first-order chi connectivity index (χ1) is 13.3. The number of aryl methyl sites for hydroxylation is 1. The highest BCUT2D eigenvalue weighted by atomic mass is 16.2.